The van der Waals surface area contributed by atoms with Crippen LogP contribution in [0.1, 0.15) is 15.9 Å². The number of aromatic nitrogens is 2. The van der Waals surface area contributed by atoms with Crippen molar-refractivity contribution in [2.75, 3.05) is 0 Å². The van der Waals surface area contributed by atoms with Gasteiger partial charge in [0.15, 0.2) is 0 Å². The van der Waals surface area contributed by atoms with Gasteiger partial charge in [0.2, 0.25) is 0 Å². The fraction of sp³-hybridized carbons (Fsp3) is 0.0667. The van der Waals surface area contributed by atoms with Crippen LogP contribution in [0.4, 0.5) is 0 Å². The number of carboxylic acid groups (broad SMARTS) is 1. The minimum atomic E-state index is -0.919. The van der Waals surface area contributed by atoms with Crippen LogP contribution < -0.4 is 0 Å². The zero-order chi connectivity index (χ0) is 13.2. The van der Waals surface area contributed by atoms with E-state index in [1.54, 1.807) is 24.4 Å². The van der Waals surface area contributed by atoms with E-state index in [0.29, 0.717) is 6.54 Å². The molecule has 0 aliphatic carbocycles. The quantitative estimate of drug-likeness (QED) is 0.779. The molecule has 1 aromatic heterocycles. The van der Waals surface area contributed by atoms with Crippen molar-refractivity contribution in [2.45, 2.75) is 6.54 Å². The molecule has 0 saturated heterocycles. The van der Waals surface area contributed by atoms with Crippen molar-refractivity contribution in [2.24, 2.45) is 0 Å². The van der Waals surface area contributed by atoms with Gasteiger partial charge in [0.25, 0.3) is 0 Å². The molecule has 0 aliphatic rings. The van der Waals surface area contributed by atoms with Gasteiger partial charge in [-0.3, -0.25) is 4.68 Å². The van der Waals surface area contributed by atoms with Crippen LogP contribution in [0.5, 0.6) is 0 Å². The van der Waals surface area contributed by atoms with E-state index in [-0.39, 0.29) is 5.56 Å². The van der Waals surface area contributed by atoms with Gasteiger partial charge in [-0.2, -0.15) is 5.10 Å². The Morgan fingerprint density at radius 1 is 1.16 bits per heavy atom. The zero-order valence-electron chi connectivity index (χ0n) is 10.2. The maximum Gasteiger partial charge on any atom is 0.335 e. The second-order valence-electron chi connectivity index (χ2n) is 4.37. The molecule has 3 rings (SSSR count). The van der Waals surface area contributed by atoms with Crippen molar-refractivity contribution in [1.29, 1.82) is 0 Å². The lowest BCUT2D eigenvalue weighted by atomic mass is 10.1. The number of nitrogens with zero attached hydrogens (tertiary/aromatic N) is 2. The van der Waals surface area contributed by atoms with Gasteiger partial charge in [0.1, 0.15) is 0 Å². The zero-order valence-corrected chi connectivity index (χ0v) is 10.2. The standard InChI is InChI=1S/C15H12N2O2/c18-15(19)12-6-7-14-13(8-12)9-16-17(14)10-11-4-2-1-3-5-11/h1-9H,10H2,(H,18,19). The van der Waals surface area contributed by atoms with Crippen LogP contribution in [0.25, 0.3) is 10.9 Å². The van der Waals surface area contributed by atoms with E-state index in [2.05, 4.69) is 5.10 Å². The molecule has 0 spiro atoms. The third-order valence-electron chi connectivity index (χ3n) is 3.06. The van der Waals surface area contributed by atoms with Gasteiger partial charge in [-0.1, -0.05) is 30.3 Å². The van der Waals surface area contributed by atoms with Crippen molar-refractivity contribution < 1.29 is 9.90 Å². The normalized spacial score (nSPS) is 10.7. The summed E-state index contributed by atoms with van der Waals surface area (Å²) < 4.78 is 1.87. The molecule has 0 atom stereocenters. The van der Waals surface area contributed by atoms with Gasteiger partial charge in [-0.15, -0.1) is 0 Å². The van der Waals surface area contributed by atoms with E-state index in [9.17, 15) is 4.79 Å². The summed E-state index contributed by atoms with van der Waals surface area (Å²) in [5.41, 5.74) is 2.38. The Morgan fingerprint density at radius 3 is 2.68 bits per heavy atom. The summed E-state index contributed by atoms with van der Waals surface area (Å²) in [6.45, 7) is 0.677. The molecule has 1 N–H and O–H groups in total. The van der Waals surface area contributed by atoms with E-state index in [0.717, 1.165) is 16.5 Å². The van der Waals surface area contributed by atoms with Crippen LogP contribution in [0.3, 0.4) is 0 Å². The van der Waals surface area contributed by atoms with Crippen LogP contribution in [-0.2, 0) is 6.54 Å². The third kappa shape index (κ3) is 2.20. The highest BCUT2D eigenvalue weighted by atomic mass is 16.4. The maximum absolute atomic E-state index is 10.9. The number of carbonyl (C=O) groups is 1. The molecule has 0 amide bonds. The largest absolute Gasteiger partial charge is 0.478 e. The lowest BCUT2D eigenvalue weighted by Crippen LogP contribution is -2.01. The first kappa shape index (κ1) is 11.5. The Bertz CT molecular complexity index is 732. The van der Waals surface area contributed by atoms with Crippen molar-refractivity contribution in [3.63, 3.8) is 0 Å². The average molecular weight is 252 g/mol. The molecule has 2 aromatic carbocycles. The fourth-order valence-corrected chi connectivity index (χ4v) is 2.10. The molecule has 0 radical (unpaired) electrons. The summed E-state index contributed by atoms with van der Waals surface area (Å²) in [7, 11) is 0. The molecule has 0 bridgehead atoms. The van der Waals surface area contributed by atoms with Gasteiger partial charge in [0.05, 0.1) is 23.8 Å². The number of fused-ring (bicyclic) bond motifs is 1. The highest BCUT2D eigenvalue weighted by molar-refractivity contribution is 5.93. The minimum Gasteiger partial charge on any atom is -0.478 e. The molecule has 4 nitrogen and oxygen atoms in total. The Kier molecular flexibility index (Phi) is 2.76. The summed E-state index contributed by atoms with van der Waals surface area (Å²) in [5, 5.41) is 14.1. The summed E-state index contributed by atoms with van der Waals surface area (Å²) in [6, 6.07) is 15.1. The second kappa shape index (κ2) is 4.57. The minimum absolute atomic E-state index is 0.284. The van der Waals surface area contributed by atoms with Crippen molar-refractivity contribution in [1.82, 2.24) is 9.78 Å². The number of benzene rings is 2. The molecule has 19 heavy (non-hydrogen) atoms. The van der Waals surface area contributed by atoms with Crippen LogP contribution in [0.15, 0.2) is 54.7 Å². The highest BCUT2D eigenvalue weighted by Crippen LogP contribution is 2.17. The third-order valence-corrected chi connectivity index (χ3v) is 3.06. The van der Waals surface area contributed by atoms with Gasteiger partial charge in [0, 0.05) is 5.39 Å². The number of carboxylic acids is 1. The Morgan fingerprint density at radius 2 is 1.95 bits per heavy atom. The summed E-state index contributed by atoms with van der Waals surface area (Å²) in [4.78, 5) is 10.9. The summed E-state index contributed by atoms with van der Waals surface area (Å²) in [6.07, 6.45) is 1.70. The topological polar surface area (TPSA) is 55.1 Å². The van der Waals surface area contributed by atoms with E-state index < -0.39 is 5.97 Å². The lowest BCUT2D eigenvalue weighted by molar-refractivity contribution is 0.0697. The van der Waals surface area contributed by atoms with Crippen molar-refractivity contribution >= 4 is 16.9 Å². The number of hydrogen-bond acceptors (Lipinski definition) is 2. The SMILES string of the molecule is O=C(O)c1ccc2c(cnn2Cc2ccccc2)c1. The number of rotatable bonds is 3. The summed E-state index contributed by atoms with van der Waals surface area (Å²) >= 11 is 0. The Hall–Kier alpha value is -2.62. The molecule has 0 aliphatic heterocycles. The van der Waals surface area contributed by atoms with E-state index >= 15 is 0 Å². The molecular formula is C15H12N2O2. The molecule has 3 aromatic rings. The Labute approximate surface area is 109 Å². The molecule has 1 heterocycles. The molecule has 0 unspecified atom stereocenters. The number of aromatic carboxylic acids is 1. The Balaban J connectivity index is 1.99. The van der Waals surface area contributed by atoms with E-state index in [1.807, 2.05) is 35.0 Å². The van der Waals surface area contributed by atoms with Gasteiger partial charge < -0.3 is 5.11 Å². The maximum atomic E-state index is 10.9. The average Bonchev–Trinajstić information content (AvgIpc) is 2.82. The predicted molar refractivity (Wildman–Crippen MR) is 72.2 cm³/mol. The van der Waals surface area contributed by atoms with Crippen LogP contribution in [-0.4, -0.2) is 20.9 Å². The molecule has 4 heteroatoms. The predicted octanol–water partition coefficient (Wildman–Crippen LogP) is 2.78. The molecule has 0 fully saturated rings. The van der Waals surface area contributed by atoms with E-state index in [4.69, 9.17) is 5.11 Å². The molecule has 94 valence electrons. The number of hydrogen-bond donors (Lipinski definition) is 1. The highest BCUT2D eigenvalue weighted by Gasteiger charge is 2.07. The van der Waals surface area contributed by atoms with Crippen LogP contribution in [0, 0.1) is 0 Å². The van der Waals surface area contributed by atoms with Crippen molar-refractivity contribution in [3.8, 4) is 0 Å². The first-order valence-corrected chi connectivity index (χ1v) is 5.97. The lowest BCUT2D eigenvalue weighted by Gasteiger charge is -2.04. The summed E-state index contributed by atoms with van der Waals surface area (Å²) in [5.74, 6) is -0.919. The van der Waals surface area contributed by atoms with Gasteiger partial charge >= 0.3 is 5.97 Å². The smallest absolute Gasteiger partial charge is 0.335 e. The first-order chi connectivity index (χ1) is 9.24. The van der Waals surface area contributed by atoms with Crippen LogP contribution in [0.2, 0.25) is 0 Å². The molecular weight excluding hydrogens is 240 g/mol. The van der Waals surface area contributed by atoms with Crippen LogP contribution >= 0.6 is 0 Å². The monoisotopic (exact) mass is 252 g/mol. The van der Waals surface area contributed by atoms with Crippen molar-refractivity contribution in [3.05, 3.63) is 65.9 Å². The van der Waals surface area contributed by atoms with E-state index in [1.165, 1.54) is 0 Å². The molecule has 0 saturated carbocycles. The second-order valence-corrected chi connectivity index (χ2v) is 4.37. The van der Waals surface area contributed by atoms with Gasteiger partial charge in [-0.05, 0) is 23.8 Å². The first-order valence-electron chi connectivity index (χ1n) is 5.97. The fourth-order valence-electron chi connectivity index (χ4n) is 2.10. The van der Waals surface area contributed by atoms with Gasteiger partial charge in [-0.25, -0.2) is 4.79 Å².